The van der Waals surface area contributed by atoms with E-state index in [0.717, 1.165) is 18.3 Å². The lowest BCUT2D eigenvalue weighted by Crippen LogP contribution is -2.14. The SMILES string of the molecule is C/C=C(\C=C/CC(C)CC1CCC(C)CC1)c1c(C(F)F)ccc(C)c1F. The maximum atomic E-state index is 14.6. The van der Waals surface area contributed by atoms with Gasteiger partial charge < -0.3 is 0 Å². The summed E-state index contributed by atoms with van der Waals surface area (Å²) in [4.78, 5) is 0. The van der Waals surface area contributed by atoms with Crippen molar-refractivity contribution in [3.63, 3.8) is 0 Å². The van der Waals surface area contributed by atoms with Crippen LogP contribution in [0.2, 0.25) is 0 Å². The van der Waals surface area contributed by atoms with Crippen molar-refractivity contribution in [3.8, 4) is 0 Å². The Kier molecular flexibility index (Phi) is 8.19. The highest BCUT2D eigenvalue weighted by atomic mass is 19.3. The lowest BCUT2D eigenvalue weighted by atomic mass is 9.78. The number of halogens is 3. The second kappa shape index (κ2) is 10.1. The number of rotatable bonds is 7. The first-order chi connectivity index (χ1) is 12.8. The van der Waals surface area contributed by atoms with E-state index in [1.807, 2.05) is 12.2 Å². The van der Waals surface area contributed by atoms with Crippen molar-refractivity contribution in [2.45, 2.75) is 72.6 Å². The van der Waals surface area contributed by atoms with E-state index in [1.165, 1.54) is 44.2 Å². The predicted molar refractivity (Wildman–Crippen MR) is 108 cm³/mol. The Bertz CT molecular complexity index is 664. The molecular weight excluding hydrogens is 345 g/mol. The second-order valence-electron chi connectivity index (χ2n) is 8.31. The predicted octanol–water partition coefficient (Wildman–Crippen LogP) is 8.27. The van der Waals surface area contributed by atoms with Crippen LogP contribution in [-0.4, -0.2) is 0 Å². The Labute approximate surface area is 162 Å². The molecule has 0 saturated heterocycles. The van der Waals surface area contributed by atoms with Crippen LogP contribution in [-0.2, 0) is 0 Å². The molecule has 1 unspecified atom stereocenters. The highest BCUT2D eigenvalue weighted by molar-refractivity contribution is 5.76. The fourth-order valence-corrected chi connectivity index (χ4v) is 4.15. The van der Waals surface area contributed by atoms with Gasteiger partial charge in [-0.15, -0.1) is 0 Å². The van der Waals surface area contributed by atoms with Crippen LogP contribution in [0, 0.1) is 30.5 Å². The van der Waals surface area contributed by atoms with Gasteiger partial charge in [0.15, 0.2) is 0 Å². The molecule has 27 heavy (non-hydrogen) atoms. The summed E-state index contributed by atoms with van der Waals surface area (Å²) in [5.74, 6) is 1.68. The number of allylic oxidation sites excluding steroid dienone is 4. The van der Waals surface area contributed by atoms with E-state index < -0.39 is 12.2 Å². The largest absolute Gasteiger partial charge is 0.264 e. The first-order valence-electron chi connectivity index (χ1n) is 10.2. The van der Waals surface area contributed by atoms with E-state index in [9.17, 15) is 13.2 Å². The topological polar surface area (TPSA) is 0 Å². The van der Waals surface area contributed by atoms with Crippen molar-refractivity contribution in [2.24, 2.45) is 17.8 Å². The Morgan fingerprint density at radius 2 is 1.85 bits per heavy atom. The van der Waals surface area contributed by atoms with Crippen LogP contribution in [0.4, 0.5) is 13.2 Å². The summed E-state index contributed by atoms with van der Waals surface area (Å²) in [6.45, 7) is 7.95. The van der Waals surface area contributed by atoms with Crippen LogP contribution in [0.25, 0.3) is 5.57 Å². The second-order valence-corrected chi connectivity index (χ2v) is 8.31. The molecule has 1 aromatic carbocycles. The molecule has 1 aliphatic rings. The monoisotopic (exact) mass is 378 g/mol. The normalized spacial score (nSPS) is 22.6. The summed E-state index contributed by atoms with van der Waals surface area (Å²) in [5, 5.41) is 0. The van der Waals surface area contributed by atoms with Crippen molar-refractivity contribution < 1.29 is 13.2 Å². The molecule has 0 heterocycles. The van der Waals surface area contributed by atoms with Crippen LogP contribution >= 0.6 is 0 Å². The van der Waals surface area contributed by atoms with Crippen LogP contribution in [0.3, 0.4) is 0 Å². The maximum Gasteiger partial charge on any atom is 0.264 e. The van der Waals surface area contributed by atoms with Gasteiger partial charge in [0, 0.05) is 11.1 Å². The summed E-state index contributed by atoms with van der Waals surface area (Å²) >= 11 is 0. The number of hydrogen-bond donors (Lipinski definition) is 0. The summed E-state index contributed by atoms with van der Waals surface area (Å²) in [6, 6.07) is 2.76. The van der Waals surface area contributed by atoms with Gasteiger partial charge in [-0.3, -0.25) is 0 Å². The van der Waals surface area contributed by atoms with Gasteiger partial charge in [0.1, 0.15) is 5.82 Å². The summed E-state index contributed by atoms with van der Waals surface area (Å²) < 4.78 is 41.3. The fourth-order valence-electron chi connectivity index (χ4n) is 4.15. The van der Waals surface area contributed by atoms with E-state index in [-0.39, 0.29) is 11.1 Å². The van der Waals surface area contributed by atoms with Gasteiger partial charge >= 0.3 is 0 Å². The molecule has 1 fully saturated rings. The summed E-state index contributed by atoms with van der Waals surface area (Å²) in [5.41, 5.74) is 0.727. The molecule has 0 bridgehead atoms. The van der Waals surface area contributed by atoms with E-state index in [2.05, 4.69) is 13.8 Å². The molecule has 150 valence electrons. The van der Waals surface area contributed by atoms with Crippen LogP contribution in [0.15, 0.2) is 30.4 Å². The first kappa shape index (κ1) is 21.8. The van der Waals surface area contributed by atoms with Crippen LogP contribution < -0.4 is 0 Å². The maximum absolute atomic E-state index is 14.6. The zero-order chi connectivity index (χ0) is 20.0. The van der Waals surface area contributed by atoms with Gasteiger partial charge in [-0.2, -0.15) is 0 Å². The Hall–Kier alpha value is -1.51. The molecule has 0 amide bonds. The Morgan fingerprint density at radius 1 is 1.19 bits per heavy atom. The lowest BCUT2D eigenvalue weighted by Gasteiger charge is -2.27. The molecule has 1 saturated carbocycles. The van der Waals surface area contributed by atoms with Crippen molar-refractivity contribution in [1.82, 2.24) is 0 Å². The first-order valence-corrected chi connectivity index (χ1v) is 10.2. The van der Waals surface area contributed by atoms with Crippen molar-refractivity contribution in [1.29, 1.82) is 0 Å². The molecule has 0 radical (unpaired) electrons. The van der Waals surface area contributed by atoms with Gasteiger partial charge in [0.25, 0.3) is 6.43 Å². The minimum atomic E-state index is -2.69. The van der Waals surface area contributed by atoms with Crippen molar-refractivity contribution in [2.75, 3.05) is 0 Å². The van der Waals surface area contributed by atoms with Gasteiger partial charge in [-0.1, -0.05) is 69.9 Å². The van der Waals surface area contributed by atoms with E-state index >= 15 is 0 Å². The van der Waals surface area contributed by atoms with E-state index in [4.69, 9.17) is 0 Å². The van der Waals surface area contributed by atoms with Gasteiger partial charge in [-0.05, 0) is 55.6 Å². The standard InChI is InChI=1S/C24H33F3/c1-5-20(22-21(24(26)27)14-11-18(4)23(22)25)8-6-7-17(3)15-19-12-9-16(2)10-13-19/h5-6,8,11,14,16-17,19,24H,7,9-10,12-13,15H2,1-4H3/b8-6-,20-5+. The third kappa shape index (κ3) is 5.99. The molecule has 1 atom stereocenters. The van der Waals surface area contributed by atoms with Crippen molar-refractivity contribution >= 4 is 5.57 Å². The average molecular weight is 379 g/mol. The highest BCUT2D eigenvalue weighted by Crippen LogP contribution is 2.34. The number of alkyl halides is 2. The molecule has 0 aromatic heterocycles. The third-order valence-electron chi connectivity index (χ3n) is 5.91. The minimum absolute atomic E-state index is 0.0395. The molecule has 2 rings (SSSR count). The molecular formula is C24H33F3. The zero-order valence-corrected chi connectivity index (χ0v) is 17.1. The van der Waals surface area contributed by atoms with Gasteiger partial charge in [0.05, 0.1) is 0 Å². The number of benzene rings is 1. The van der Waals surface area contributed by atoms with Gasteiger partial charge in [-0.25, -0.2) is 13.2 Å². The quantitative estimate of drug-likeness (QED) is 0.419. The lowest BCUT2D eigenvalue weighted by molar-refractivity contribution is 0.150. The molecule has 0 nitrogen and oxygen atoms in total. The highest BCUT2D eigenvalue weighted by Gasteiger charge is 2.21. The van der Waals surface area contributed by atoms with Crippen LogP contribution in [0.1, 0.15) is 82.4 Å². The average Bonchev–Trinajstić information content (AvgIpc) is 2.63. The smallest absolute Gasteiger partial charge is 0.206 e. The minimum Gasteiger partial charge on any atom is -0.206 e. The van der Waals surface area contributed by atoms with Gasteiger partial charge in [0.2, 0.25) is 0 Å². The van der Waals surface area contributed by atoms with Crippen LogP contribution in [0.5, 0.6) is 0 Å². The molecule has 0 N–H and O–H groups in total. The molecule has 3 heteroatoms. The van der Waals surface area contributed by atoms with E-state index in [1.54, 1.807) is 19.9 Å². The number of hydrogen-bond acceptors (Lipinski definition) is 0. The molecule has 0 spiro atoms. The molecule has 1 aromatic rings. The Morgan fingerprint density at radius 3 is 2.44 bits per heavy atom. The van der Waals surface area contributed by atoms with Crippen molar-refractivity contribution in [3.05, 3.63) is 52.9 Å². The summed E-state index contributed by atoms with van der Waals surface area (Å²) in [7, 11) is 0. The third-order valence-corrected chi connectivity index (χ3v) is 5.91. The Balaban J connectivity index is 2.04. The number of aryl methyl sites for hydroxylation is 1. The fraction of sp³-hybridized carbons (Fsp3) is 0.583. The summed E-state index contributed by atoms with van der Waals surface area (Å²) in [6.07, 6.45) is 10.3. The molecule has 1 aliphatic carbocycles. The van der Waals surface area contributed by atoms with E-state index in [0.29, 0.717) is 17.1 Å². The molecule has 0 aliphatic heterocycles. The zero-order valence-electron chi connectivity index (χ0n) is 17.1.